The van der Waals surface area contributed by atoms with Gasteiger partial charge in [-0.15, -0.1) is 0 Å². The molecule has 6 nitrogen and oxygen atoms in total. The number of carbonyl (C=O) groups is 1. The topological polar surface area (TPSA) is 74.6 Å². The van der Waals surface area contributed by atoms with Crippen molar-refractivity contribution in [2.75, 3.05) is 23.4 Å². The number of nitrogens with zero attached hydrogens (tertiary/aromatic N) is 2. The van der Waals surface area contributed by atoms with Crippen molar-refractivity contribution in [2.45, 2.75) is 6.18 Å². The first-order chi connectivity index (χ1) is 15.3. The Morgan fingerprint density at radius 3 is 2.53 bits per heavy atom. The molecule has 0 spiro atoms. The summed E-state index contributed by atoms with van der Waals surface area (Å²) >= 11 is 0. The Morgan fingerprint density at radius 1 is 1.06 bits per heavy atom. The fourth-order valence-corrected chi connectivity index (χ4v) is 3.17. The molecule has 0 unspecified atom stereocenters. The molecule has 0 fully saturated rings. The number of urea groups is 1. The molecule has 1 heterocycles. The van der Waals surface area contributed by atoms with Gasteiger partial charge in [0.05, 0.1) is 29.4 Å². The van der Waals surface area contributed by atoms with Crippen LogP contribution < -0.4 is 19.7 Å². The highest BCUT2D eigenvalue weighted by Gasteiger charge is 2.31. The Hall–Kier alpha value is -4.19. The number of amides is 2. The Labute approximate surface area is 181 Å². The van der Waals surface area contributed by atoms with Gasteiger partial charge in [0.2, 0.25) is 0 Å². The van der Waals surface area contributed by atoms with E-state index in [0.717, 1.165) is 12.1 Å². The number of nitrogens with one attached hydrogen (secondary N) is 1. The smallest absolute Gasteiger partial charge is 0.416 e. The van der Waals surface area contributed by atoms with Gasteiger partial charge in [0, 0.05) is 11.8 Å². The lowest BCUT2D eigenvalue weighted by atomic mass is 10.2. The fourth-order valence-electron chi connectivity index (χ4n) is 3.17. The largest absolute Gasteiger partial charge is 0.490 e. The summed E-state index contributed by atoms with van der Waals surface area (Å²) in [5.41, 5.74) is 0.0964. The predicted molar refractivity (Wildman–Crippen MR) is 111 cm³/mol. The summed E-state index contributed by atoms with van der Waals surface area (Å²) in [6.07, 6.45) is -4.51. The molecule has 0 aliphatic carbocycles. The SMILES string of the molecule is N#Cc1ccc(Oc2ccc3c(c2)N(C(=O)Nc2cccc(C(F)(F)F)c2)CCO3)cc1. The van der Waals surface area contributed by atoms with E-state index >= 15 is 0 Å². The number of nitriles is 1. The van der Waals surface area contributed by atoms with E-state index in [4.69, 9.17) is 14.7 Å². The third-order valence-electron chi connectivity index (χ3n) is 4.70. The summed E-state index contributed by atoms with van der Waals surface area (Å²) in [5, 5.41) is 11.4. The second kappa shape index (κ2) is 8.51. The Morgan fingerprint density at radius 2 is 1.81 bits per heavy atom. The van der Waals surface area contributed by atoms with Crippen LogP contribution in [0.2, 0.25) is 0 Å². The lowest BCUT2D eigenvalue weighted by Crippen LogP contribution is -2.40. The van der Waals surface area contributed by atoms with Gasteiger partial charge in [-0.3, -0.25) is 4.90 Å². The molecule has 4 rings (SSSR count). The molecule has 9 heteroatoms. The van der Waals surface area contributed by atoms with Crippen LogP contribution in [0.1, 0.15) is 11.1 Å². The Balaban J connectivity index is 1.55. The highest BCUT2D eigenvalue weighted by Crippen LogP contribution is 2.37. The van der Waals surface area contributed by atoms with Crippen molar-refractivity contribution in [3.8, 4) is 23.3 Å². The van der Waals surface area contributed by atoms with E-state index in [1.165, 1.54) is 17.0 Å². The molecule has 3 aromatic carbocycles. The molecule has 0 aromatic heterocycles. The third kappa shape index (κ3) is 4.59. The first-order valence-electron chi connectivity index (χ1n) is 9.54. The average Bonchev–Trinajstić information content (AvgIpc) is 2.79. The van der Waals surface area contributed by atoms with Crippen LogP contribution >= 0.6 is 0 Å². The van der Waals surface area contributed by atoms with Gasteiger partial charge < -0.3 is 14.8 Å². The van der Waals surface area contributed by atoms with Gasteiger partial charge in [0.25, 0.3) is 0 Å². The van der Waals surface area contributed by atoms with Crippen molar-refractivity contribution in [3.05, 3.63) is 77.9 Å². The van der Waals surface area contributed by atoms with Gasteiger partial charge in [-0.1, -0.05) is 6.07 Å². The predicted octanol–water partition coefficient (Wildman–Crippen LogP) is 5.80. The minimum absolute atomic E-state index is 0.0304. The zero-order valence-corrected chi connectivity index (χ0v) is 16.5. The quantitative estimate of drug-likeness (QED) is 0.560. The molecule has 0 saturated carbocycles. The number of hydrogen-bond acceptors (Lipinski definition) is 4. The lowest BCUT2D eigenvalue weighted by Gasteiger charge is -2.30. The number of benzene rings is 3. The van der Waals surface area contributed by atoms with E-state index in [2.05, 4.69) is 5.32 Å². The molecule has 162 valence electrons. The number of fused-ring (bicyclic) bond motifs is 1. The van der Waals surface area contributed by atoms with Crippen molar-refractivity contribution in [3.63, 3.8) is 0 Å². The van der Waals surface area contributed by atoms with Crippen LogP contribution in [0.3, 0.4) is 0 Å². The minimum Gasteiger partial charge on any atom is -0.490 e. The van der Waals surface area contributed by atoms with Gasteiger partial charge >= 0.3 is 12.2 Å². The van der Waals surface area contributed by atoms with Crippen LogP contribution in [0.25, 0.3) is 0 Å². The van der Waals surface area contributed by atoms with Gasteiger partial charge in [-0.25, -0.2) is 4.79 Å². The molecule has 3 aromatic rings. The number of rotatable bonds is 3. The van der Waals surface area contributed by atoms with E-state index in [-0.39, 0.29) is 18.8 Å². The second-order valence-corrected chi connectivity index (χ2v) is 6.88. The summed E-state index contributed by atoms with van der Waals surface area (Å²) < 4.78 is 50.2. The minimum atomic E-state index is -4.51. The highest BCUT2D eigenvalue weighted by atomic mass is 19.4. The molecule has 1 aliphatic rings. The van der Waals surface area contributed by atoms with E-state index < -0.39 is 17.8 Å². The molecular formula is C23H16F3N3O3. The number of hydrogen-bond donors (Lipinski definition) is 1. The Kier molecular flexibility index (Phi) is 5.60. The van der Waals surface area contributed by atoms with E-state index in [1.54, 1.807) is 42.5 Å². The fraction of sp³-hybridized carbons (Fsp3) is 0.130. The molecule has 0 bridgehead atoms. The van der Waals surface area contributed by atoms with Crippen LogP contribution in [-0.2, 0) is 6.18 Å². The van der Waals surface area contributed by atoms with Crippen LogP contribution in [0.4, 0.5) is 29.3 Å². The van der Waals surface area contributed by atoms with Crippen molar-refractivity contribution in [2.24, 2.45) is 0 Å². The summed E-state index contributed by atoms with van der Waals surface area (Å²) in [7, 11) is 0. The maximum Gasteiger partial charge on any atom is 0.416 e. The monoisotopic (exact) mass is 439 g/mol. The highest BCUT2D eigenvalue weighted by molar-refractivity contribution is 6.03. The number of halogens is 3. The second-order valence-electron chi connectivity index (χ2n) is 6.88. The molecule has 1 aliphatic heterocycles. The molecular weight excluding hydrogens is 423 g/mol. The van der Waals surface area contributed by atoms with Gasteiger partial charge in [0.15, 0.2) is 0 Å². The lowest BCUT2D eigenvalue weighted by molar-refractivity contribution is -0.137. The normalized spacial score (nSPS) is 12.9. The van der Waals surface area contributed by atoms with Crippen LogP contribution in [0, 0.1) is 11.3 Å². The maximum atomic E-state index is 13.0. The van der Waals surface area contributed by atoms with E-state index in [0.29, 0.717) is 28.5 Å². The van der Waals surface area contributed by atoms with E-state index in [1.807, 2.05) is 6.07 Å². The van der Waals surface area contributed by atoms with Crippen molar-refractivity contribution in [1.29, 1.82) is 5.26 Å². The summed E-state index contributed by atoms with van der Waals surface area (Å²) in [6, 6.07) is 17.3. The molecule has 1 N–H and O–H groups in total. The Bertz CT molecular complexity index is 1190. The third-order valence-corrected chi connectivity index (χ3v) is 4.70. The van der Waals surface area contributed by atoms with E-state index in [9.17, 15) is 18.0 Å². The number of ether oxygens (including phenoxy) is 2. The van der Waals surface area contributed by atoms with Crippen LogP contribution in [-0.4, -0.2) is 19.2 Å². The summed E-state index contributed by atoms with van der Waals surface area (Å²) in [5.74, 6) is 1.37. The van der Waals surface area contributed by atoms with Gasteiger partial charge in [0.1, 0.15) is 23.9 Å². The molecule has 0 saturated heterocycles. The number of alkyl halides is 3. The van der Waals surface area contributed by atoms with Crippen molar-refractivity contribution < 1.29 is 27.4 Å². The molecule has 0 radical (unpaired) electrons. The summed E-state index contributed by atoms with van der Waals surface area (Å²) in [6.45, 7) is 0.441. The maximum absolute atomic E-state index is 13.0. The zero-order chi connectivity index (χ0) is 22.7. The van der Waals surface area contributed by atoms with Crippen molar-refractivity contribution >= 4 is 17.4 Å². The molecule has 0 atom stereocenters. The first-order valence-corrected chi connectivity index (χ1v) is 9.54. The first kappa shape index (κ1) is 21.1. The van der Waals surface area contributed by atoms with Crippen LogP contribution in [0.5, 0.6) is 17.2 Å². The number of anilines is 2. The molecule has 32 heavy (non-hydrogen) atoms. The zero-order valence-electron chi connectivity index (χ0n) is 16.5. The van der Waals surface area contributed by atoms with Gasteiger partial charge in [-0.2, -0.15) is 18.4 Å². The van der Waals surface area contributed by atoms with Crippen molar-refractivity contribution in [1.82, 2.24) is 0 Å². The molecule has 2 amide bonds. The van der Waals surface area contributed by atoms with Crippen LogP contribution in [0.15, 0.2) is 66.7 Å². The van der Waals surface area contributed by atoms with Gasteiger partial charge in [-0.05, 0) is 54.6 Å². The number of carbonyl (C=O) groups excluding carboxylic acids is 1. The summed E-state index contributed by atoms with van der Waals surface area (Å²) in [4.78, 5) is 14.2. The standard InChI is InChI=1S/C23H16F3N3O3/c24-23(25,26)16-2-1-3-17(12-16)28-22(30)29-10-11-31-21-9-8-19(13-20(21)29)32-18-6-4-15(14-27)5-7-18/h1-9,12-13H,10-11H2,(H,28,30). The average molecular weight is 439 g/mol.